The first kappa shape index (κ1) is 13.4. The Balaban J connectivity index is 2.07. The van der Waals surface area contributed by atoms with Crippen molar-refractivity contribution in [2.24, 2.45) is 0 Å². The minimum Gasteiger partial charge on any atom is -0.484 e. The first-order chi connectivity index (χ1) is 9.06. The number of nitro groups is 1. The SMILES string of the molecule is O=[N+]([O-])c1ccc(OCc2ccc(Br)cn2)c(F)c1. The molecule has 0 aliphatic heterocycles. The predicted molar refractivity (Wildman–Crippen MR) is 69.3 cm³/mol. The average molecular weight is 327 g/mol. The third-order valence-corrected chi connectivity index (χ3v) is 2.76. The molecule has 1 aromatic heterocycles. The van der Waals surface area contributed by atoms with Gasteiger partial charge in [0, 0.05) is 16.7 Å². The number of rotatable bonds is 4. The molecular formula is C12H8BrFN2O3. The van der Waals surface area contributed by atoms with Crippen molar-refractivity contribution in [3.63, 3.8) is 0 Å². The molecule has 19 heavy (non-hydrogen) atoms. The first-order valence-electron chi connectivity index (χ1n) is 5.23. The maximum atomic E-state index is 13.5. The van der Waals surface area contributed by atoms with Crippen LogP contribution in [0.25, 0.3) is 0 Å². The Hall–Kier alpha value is -2.02. The van der Waals surface area contributed by atoms with Gasteiger partial charge in [-0.1, -0.05) is 0 Å². The minimum absolute atomic E-state index is 0.0460. The van der Waals surface area contributed by atoms with E-state index in [0.29, 0.717) is 5.69 Å². The molecule has 98 valence electrons. The predicted octanol–water partition coefficient (Wildman–Crippen LogP) is 3.47. The number of nitro benzene ring substituents is 1. The Bertz CT molecular complexity index is 604. The van der Waals surface area contributed by atoms with Gasteiger partial charge >= 0.3 is 0 Å². The number of halogens is 2. The molecule has 0 saturated heterocycles. The van der Waals surface area contributed by atoms with Gasteiger partial charge in [0.2, 0.25) is 0 Å². The van der Waals surface area contributed by atoms with Crippen molar-refractivity contribution in [2.45, 2.75) is 6.61 Å². The highest BCUT2D eigenvalue weighted by atomic mass is 79.9. The van der Waals surface area contributed by atoms with Crippen LogP contribution in [0.3, 0.4) is 0 Å². The molecule has 0 bridgehead atoms. The van der Waals surface area contributed by atoms with Crippen molar-refractivity contribution in [3.05, 3.63) is 62.6 Å². The van der Waals surface area contributed by atoms with Crippen LogP contribution in [-0.2, 0) is 6.61 Å². The number of non-ortho nitro benzene ring substituents is 1. The van der Waals surface area contributed by atoms with Crippen molar-refractivity contribution >= 4 is 21.6 Å². The molecular weight excluding hydrogens is 319 g/mol. The second-order valence-corrected chi connectivity index (χ2v) is 4.54. The third-order valence-electron chi connectivity index (χ3n) is 2.29. The third kappa shape index (κ3) is 3.47. The molecule has 0 fully saturated rings. The molecule has 0 atom stereocenters. The standard InChI is InChI=1S/C12H8BrFN2O3/c13-8-1-2-9(15-6-8)7-19-12-4-3-10(16(17)18)5-11(12)14/h1-6H,7H2. The number of nitrogens with zero attached hydrogens (tertiary/aromatic N) is 2. The molecule has 0 aliphatic rings. The highest BCUT2D eigenvalue weighted by Crippen LogP contribution is 2.23. The molecule has 0 spiro atoms. The number of ether oxygens (including phenoxy) is 1. The number of pyridine rings is 1. The number of hydrogen-bond acceptors (Lipinski definition) is 4. The van der Waals surface area contributed by atoms with Crippen LogP contribution >= 0.6 is 15.9 Å². The lowest BCUT2D eigenvalue weighted by Crippen LogP contribution is -2.00. The summed E-state index contributed by atoms with van der Waals surface area (Å²) in [6, 6.07) is 6.76. The Kier molecular flexibility index (Phi) is 4.06. The minimum atomic E-state index is -0.772. The summed E-state index contributed by atoms with van der Waals surface area (Å²) in [6.45, 7) is 0.0853. The second-order valence-electron chi connectivity index (χ2n) is 3.63. The van der Waals surface area contributed by atoms with Gasteiger partial charge in [0.05, 0.1) is 16.7 Å². The van der Waals surface area contributed by atoms with E-state index in [0.717, 1.165) is 10.5 Å². The van der Waals surface area contributed by atoms with E-state index in [2.05, 4.69) is 20.9 Å². The number of aromatic nitrogens is 1. The summed E-state index contributed by atoms with van der Waals surface area (Å²) in [7, 11) is 0. The van der Waals surface area contributed by atoms with Crippen molar-refractivity contribution in [2.75, 3.05) is 0 Å². The highest BCUT2D eigenvalue weighted by molar-refractivity contribution is 9.10. The van der Waals surface area contributed by atoms with E-state index in [4.69, 9.17) is 4.74 Å². The maximum Gasteiger partial charge on any atom is 0.272 e. The molecule has 2 aromatic rings. The maximum absolute atomic E-state index is 13.5. The molecule has 1 aromatic carbocycles. The first-order valence-corrected chi connectivity index (χ1v) is 6.03. The van der Waals surface area contributed by atoms with E-state index >= 15 is 0 Å². The van der Waals surface area contributed by atoms with E-state index in [1.807, 2.05) is 0 Å². The molecule has 0 unspecified atom stereocenters. The molecule has 7 heteroatoms. The lowest BCUT2D eigenvalue weighted by molar-refractivity contribution is -0.385. The van der Waals surface area contributed by atoms with Crippen molar-refractivity contribution in [3.8, 4) is 5.75 Å². The van der Waals surface area contributed by atoms with Gasteiger partial charge in [0.25, 0.3) is 5.69 Å². The van der Waals surface area contributed by atoms with Crippen LogP contribution in [0.15, 0.2) is 41.0 Å². The quantitative estimate of drug-likeness (QED) is 0.637. The van der Waals surface area contributed by atoms with Crippen LogP contribution in [0.4, 0.5) is 10.1 Å². The van der Waals surface area contributed by atoms with Gasteiger partial charge in [-0.05, 0) is 34.1 Å². The van der Waals surface area contributed by atoms with Crippen molar-refractivity contribution < 1.29 is 14.1 Å². The summed E-state index contributed by atoms with van der Waals surface area (Å²) in [5.41, 5.74) is 0.313. The fraction of sp³-hybridized carbons (Fsp3) is 0.0833. The number of benzene rings is 1. The molecule has 0 amide bonds. The molecule has 1 heterocycles. The Labute approximate surface area is 116 Å². The fourth-order valence-electron chi connectivity index (χ4n) is 1.36. The monoisotopic (exact) mass is 326 g/mol. The van der Waals surface area contributed by atoms with Crippen molar-refractivity contribution in [1.29, 1.82) is 0 Å². The molecule has 0 aliphatic carbocycles. The van der Waals surface area contributed by atoms with Gasteiger partial charge in [0.15, 0.2) is 11.6 Å². The molecule has 2 rings (SSSR count). The summed E-state index contributed by atoms with van der Waals surface area (Å²) < 4.78 is 19.6. The van der Waals surface area contributed by atoms with Crippen LogP contribution in [-0.4, -0.2) is 9.91 Å². The van der Waals surface area contributed by atoms with E-state index in [9.17, 15) is 14.5 Å². The zero-order valence-corrected chi connectivity index (χ0v) is 11.1. The Morgan fingerprint density at radius 2 is 2.16 bits per heavy atom. The average Bonchev–Trinajstić information content (AvgIpc) is 2.39. The summed E-state index contributed by atoms with van der Waals surface area (Å²) in [5, 5.41) is 10.5. The second kappa shape index (κ2) is 5.75. The van der Waals surface area contributed by atoms with Gasteiger partial charge in [-0.3, -0.25) is 15.1 Å². The van der Waals surface area contributed by atoms with Gasteiger partial charge < -0.3 is 4.74 Å². The van der Waals surface area contributed by atoms with E-state index in [1.54, 1.807) is 18.3 Å². The highest BCUT2D eigenvalue weighted by Gasteiger charge is 2.11. The van der Waals surface area contributed by atoms with Gasteiger partial charge in [-0.25, -0.2) is 4.39 Å². The van der Waals surface area contributed by atoms with E-state index in [-0.39, 0.29) is 18.0 Å². The lowest BCUT2D eigenvalue weighted by Gasteiger charge is -2.06. The summed E-state index contributed by atoms with van der Waals surface area (Å²) >= 11 is 3.25. The van der Waals surface area contributed by atoms with Crippen LogP contribution in [0.2, 0.25) is 0 Å². The smallest absolute Gasteiger partial charge is 0.272 e. The van der Waals surface area contributed by atoms with Gasteiger partial charge in [-0.15, -0.1) is 0 Å². The van der Waals surface area contributed by atoms with Crippen LogP contribution in [0.1, 0.15) is 5.69 Å². The van der Waals surface area contributed by atoms with Crippen molar-refractivity contribution in [1.82, 2.24) is 4.98 Å². The zero-order chi connectivity index (χ0) is 13.8. The van der Waals surface area contributed by atoms with Crippen LogP contribution in [0.5, 0.6) is 5.75 Å². The van der Waals surface area contributed by atoms with Gasteiger partial charge in [0.1, 0.15) is 6.61 Å². The molecule has 0 radical (unpaired) electrons. The summed E-state index contributed by atoms with van der Waals surface area (Å²) in [6.07, 6.45) is 1.60. The number of hydrogen-bond donors (Lipinski definition) is 0. The van der Waals surface area contributed by atoms with Gasteiger partial charge in [-0.2, -0.15) is 0 Å². The summed E-state index contributed by atoms with van der Waals surface area (Å²) in [5.74, 6) is -0.818. The van der Waals surface area contributed by atoms with Crippen LogP contribution < -0.4 is 4.74 Å². The Morgan fingerprint density at radius 3 is 2.74 bits per heavy atom. The topological polar surface area (TPSA) is 65.3 Å². The molecule has 0 saturated carbocycles. The Morgan fingerprint density at radius 1 is 1.37 bits per heavy atom. The molecule has 0 N–H and O–H groups in total. The van der Waals surface area contributed by atoms with Crippen LogP contribution in [0, 0.1) is 15.9 Å². The normalized spacial score (nSPS) is 10.2. The molecule has 5 nitrogen and oxygen atoms in total. The zero-order valence-electron chi connectivity index (χ0n) is 9.55. The summed E-state index contributed by atoms with van der Waals surface area (Å²) in [4.78, 5) is 13.9. The fourth-order valence-corrected chi connectivity index (χ4v) is 1.60. The largest absolute Gasteiger partial charge is 0.484 e. The van der Waals surface area contributed by atoms with E-state index < -0.39 is 10.7 Å². The lowest BCUT2D eigenvalue weighted by atomic mass is 10.3. The van der Waals surface area contributed by atoms with E-state index in [1.165, 1.54) is 12.1 Å².